The summed E-state index contributed by atoms with van der Waals surface area (Å²) in [7, 11) is 0. The van der Waals surface area contributed by atoms with E-state index in [4.69, 9.17) is 34.8 Å². The van der Waals surface area contributed by atoms with Gasteiger partial charge in [-0.3, -0.25) is 0 Å². The minimum absolute atomic E-state index is 0.434. The van der Waals surface area contributed by atoms with Crippen LogP contribution in [-0.2, 0) is 3.79 Å². The SMILES string of the molecule is CC(C)[CH]c1ccccc1C(Cl)(Cl)Cl. The number of rotatable bonds is 2. The number of alkyl halides is 3. The Labute approximate surface area is 100 Å². The van der Waals surface area contributed by atoms with E-state index in [2.05, 4.69) is 20.3 Å². The van der Waals surface area contributed by atoms with Gasteiger partial charge in [0.2, 0.25) is 3.79 Å². The monoisotopic (exact) mass is 249 g/mol. The van der Waals surface area contributed by atoms with Gasteiger partial charge >= 0.3 is 0 Å². The van der Waals surface area contributed by atoms with E-state index in [9.17, 15) is 0 Å². The molecule has 0 aliphatic carbocycles. The molecule has 0 N–H and O–H groups in total. The van der Waals surface area contributed by atoms with Crippen LogP contribution < -0.4 is 0 Å². The zero-order valence-corrected chi connectivity index (χ0v) is 10.4. The van der Waals surface area contributed by atoms with E-state index in [1.54, 1.807) is 0 Å². The van der Waals surface area contributed by atoms with Crippen LogP contribution in [0.5, 0.6) is 0 Å². The van der Waals surface area contributed by atoms with Crippen LogP contribution in [0.25, 0.3) is 0 Å². The minimum atomic E-state index is -1.35. The quantitative estimate of drug-likeness (QED) is 0.666. The molecule has 0 bridgehead atoms. The van der Waals surface area contributed by atoms with Gasteiger partial charge in [-0.25, -0.2) is 0 Å². The van der Waals surface area contributed by atoms with Crippen molar-refractivity contribution in [1.82, 2.24) is 0 Å². The van der Waals surface area contributed by atoms with Crippen LogP contribution >= 0.6 is 34.8 Å². The van der Waals surface area contributed by atoms with Gasteiger partial charge in [0.05, 0.1) is 0 Å². The molecule has 1 aromatic carbocycles. The lowest BCUT2D eigenvalue weighted by Crippen LogP contribution is -2.05. The second kappa shape index (κ2) is 4.74. The lowest BCUT2D eigenvalue weighted by molar-refractivity contribution is 0.773. The Balaban J connectivity index is 3.04. The summed E-state index contributed by atoms with van der Waals surface area (Å²) in [6, 6.07) is 7.60. The third-order valence-electron chi connectivity index (χ3n) is 1.78. The van der Waals surface area contributed by atoms with Gasteiger partial charge in [-0.2, -0.15) is 0 Å². The van der Waals surface area contributed by atoms with Gasteiger partial charge in [0.25, 0.3) is 0 Å². The Bertz CT molecular complexity index is 300. The van der Waals surface area contributed by atoms with Crippen molar-refractivity contribution in [3.05, 3.63) is 41.8 Å². The van der Waals surface area contributed by atoms with E-state index < -0.39 is 3.79 Å². The Morgan fingerprint density at radius 3 is 2.21 bits per heavy atom. The smallest absolute Gasteiger partial charge is 0.0784 e. The molecule has 0 fully saturated rings. The summed E-state index contributed by atoms with van der Waals surface area (Å²) in [5, 5.41) is 0. The lowest BCUT2D eigenvalue weighted by atomic mass is 9.99. The highest BCUT2D eigenvalue weighted by molar-refractivity contribution is 6.66. The van der Waals surface area contributed by atoms with Crippen LogP contribution in [0.1, 0.15) is 25.0 Å². The first-order valence-electron chi connectivity index (χ1n) is 4.42. The summed E-state index contributed by atoms with van der Waals surface area (Å²) >= 11 is 17.6. The molecule has 0 aromatic heterocycles. The number of hydrogen-bond acceptors (Lipinski definition) is 0. The third-order valence-corrected chi connectivity index (χ3v) is 2.39. The maximum atomic E-state index is 5.86. The zero-order chi connectivity index (χ0) is 10.8. The van der Waals surface area contributed by atoms with Crippen LogP contribution in [0.15, 0.2) is 24.3 Å². The van der Waals surface area contributed by atoms with E-state index in [0.717, 1.165) is 11.1 Å². The fourth-order valence-electron chi connectivity index (χ4n) is 1.26. The predicted octanol–water partition coefficient (Wildman–Crippen LogP) is 4.72. The average molecular weight is 251 g/mol. The highest BCUT2D eigenvalue weighted by atomic mass is 35.6. The molecule has 0 aliphatic heterocycles. The first-order valence-corrected chi connectivity index (χ1v) is 5.55. The van der Waals surface area contributed by atoms with Crippen molar-refractivity contribution in [2.45, 2.75) is 17.6 Å². The van der Waals surface area contributed by atoms with E-state index in [-0.39, 0.29) is 0 Å². The number of benzene rings is 1. The van der Waals surface area contributed by atoms with Crippen molar-refractivity contribution in [2.24, 2.45) is 5.92 Å². The van der Waals surface area contributed by atoms with Gasteiger partial charge in [0, 0.05) is 5.56 Å². The van der Waals surface area contributed by atoms with Crippen molar-refractivity contribution in [2.75, 3.05) is 0 Å². The molecule has 0 nitrogen and oxygen atoms in total. The molecule has 0 aliphatic rings. The predicted molar refractivity (Wildman–Crippen MR) is 63.9 cm³/mol. The van der Waals surface area contributed by atoms with Gasteiger partial charge in [-0.15, -0.1) is 0 Å². The van der Waals surface area contributed by atoms with E-state index in [1.165, 1.54) is 0 Å². The highest BCUT2D eigenvalue weighted by Crippen LogP contribution is 2.40. The lowest BCUT2D eigenvalue weighted by Gasteiger charge is -2.17. The third kappa shape index (κ3) is 3.34. The van der Waals surface area contributed by atoms with Gasteiger partial charge in [-0.1, -0.05) is 72.9 Å². The summed E-state index contributed by atoms with van der Waals surface area (Å²) in [6.07, 6.45) is 2.08. The Kier molecular flexibility index (Phi) is 4.12. The fraction of sp³-hybridized carbons (Fsp3) is 0.364. The minimum Gasteiger partial charge on any atom is -0.0784 e. The Hall–Kier alpha value is 0.0900. The second-order valence-corrected chi connectivity index (χ2v) is 5.78. The molecule has 0 spiro atoms. The van der Waals surface area contributed by atoms with Gasteiger partial charge in [0.1, 0.15) is 0 Å². The summed E-state index contributed by atoms with van der Waals surface area (Å²) in [5.74, 6) is 0.434. The molecule has 1 radical (unpaired) electrons. The van der Waals surface area contributed by atoms with Crippen LogP contribution in [0.4, 0.5) is 0 Å². The summed E-state index contributed by atoms with van der Waals surface area (Å²) < 4.78 is -1.35. The standard InChI is InChI=1S/C11H12Cl3/c1-8(2)7-9-5-3-4-6-10(9)11(12,13)14/h3-8H,1-2H3. The molecule has 1 rings (SSSR count). The van der Waals surface area contributed by atoms with Crippen LogP contribution in [0.3, 0.4) is 0 Å². The maximum absolute atomic E-state index is 5.86. The van der Waals surface area contributed by atoms with Crippen molar-refractivity contribution in [1.29, 1.82) is 0 Å². The summed E-state index contributed by atoms with van der Waals surface area (Å²) in [5.41, 5.74) is 1.72. The molecule has 0 heterocycles. The molecule has 77 valence electrons. The number of halogens is 3. The Morgan fingerprint density at radius 2 is 1.71 bits per heavy atom. The molecule has 3 heteroatoms. The zero-order valence-electron chi connectivity index (χ0n) is 8.10. The summed E-state index contributed by atoms with van der Waals surface area (Å²) in [4.78, 5) is 0. The van der Waals surface area contributed by atoms with Crippen molar-refractivity contribution in [3.8, 4) is 0 Å². The van der Waals surface area contributed by atoms with Gasteiger partial charge in [-0.05, 0) is 17.9 Å². The molecule has 0 unspecified atom stereocenters. The fourth-order valence-corrected chi connectivity index (χ4v) is 1.78. The Morgan fingerprint density at radius 1 is 1.14 bits per heavy atom. The van der Waals surface area contributed by atoms with Crippen LogP contribution in [0.2, 0.25) is 0 Å². The van der Waals surface area contributed by atoms with E-state index in [0.29, 0.717) is 5.92 Å². The van der Waals surface area contributed by atoms with E-state index >= 15 is 0 Å². The maximum Gasteiger partial charge on any atom is 0.216 e. The molecule has 0 atom stereocenters. The molecule has 1 aromatic rings. The molecule has 0 amide bonds. The molecule has 0 saturated heterocycles. The van der Waals surface area contributed by atoms with Gasteiger partial charge < -0.3 is 0 Å². The van der Waals surface area contributed by atoms with Crippen molar-refractivity contribution >= 4 is 34.8 Å². The van der Waals surface area contributed by atoms with Gasteiger partial charge in [0.15, 0.2) is 0 Å². The molecular formula is C11H12Cl3. The molecule has 14 heavy (non-hydrogen) atoms. The van der Waals surface area contributed by atoms with Crippen molar-refractivity contribution < 1.29 is 0 Å². The number of hydrogen-bond donors (Lipinski definition) is 0. The second-order valence-electron chi connectivity index (χ2n) is 3.50. The average Bonchev–Trinajstić information content (AvgIpc) is 2.01. The summed E-state index contributed by atoms with van der Waals surface area (Å²) in [6.45, 7) is 4.18. The van der Waals surface area contributed by atoms with Crippen molar-refractivity contribution in [3.63, 3.8) is 0 Å². The largest absolute Gasteiger partial charge is 0.216 e. The van der Waals surface area contributed by atoms with Crippen LogP contribution in [-0.4, -0.2) is 0 Å². The highest BCUT2D eigenvalue weighted by Gasteiger charge is 2.25. The molecule has 0 saturated carbocycles. The molecular weight excluding hydrogens is 238 g/mol. The first kappa shape index (κ1) is 12.2. The normalized spacial score (nSPS) is 12.1. The first-order chi connectivity index (χ1) is 6.41. The topological polar surface area (TPSA) is 0 Å². The van der Waals surface area contributed by atoms with Crippen LogP contribution in [0, 0.1) is 12.3 Å². The van der Waals surface area contributed by atoms with E-state index in [1.807, 2.05) is 24.3 Å².